The second-order valence-corrected chi connectivity index (χ2v) is 8.21. The van der Waals surface area contributed by atoms with Crippen LogP contribution in [-0.4, -0.2) is 47.6 Å². The highest BCUT2D eigenvalue weighted by Crippen LogP contribution is 2.21. The minimum atomic E-state index is -0.187. The number of piperidine rings is 1. The molecule has 1 N–H and O–H groups in total. The molecule has 1 aliphatic rings. The predicted octanol–water partition coefficient (Wildman–Crippen LogP) is 1.93. The molecule has 3 aromatic rings. The molecule has 0 spiro atoms. The van der Waals surface area contributed by atoms with Crippen LogP contribution < -0.4 is 20.7 Å². The van der Waals surface area contributed by atoms with Crippen molar-refractivity contribution in [2.24, 2.45) is 13.0 Å². The van der Waals surface area contributed by atoms with Crippen molar-refractivity contribution >= 4 is 28.6 Å². The van der Waals surface area contributed by atoms with Gasteiger partial charge in [0.25, 0.3) is 5.56 Å². The molecule has 1 amide bonds. The van der Waals surface area contributed by atoms with Gasteiger partial charge in [-0.3, -0.25) is 14.2 Å². The number of carbonyl (C=O) groups excluding carboxylic acids is 1. The monoisotopic (exact) mass is 420 g/mol. The normalized spacial score (nSPS) is 16.4. The summed E-state index contributed by atoms with van der Waals surface area (Å²) in [7, 11) is 5.71. The van der Waals surface area contributed by atoms with Gasteiger partial charge in [0.05, 0.1) is 5.92 Å². The fraction of sp³-hybridized carbons (Fsp3) is 0.391. The molecular formula is C23H28N6O2. The summed E-state index contributed by atoms with van der Waals surface area (Å²) in [6.45, 7) is 1.69. The van der Waals surface area contributed by atoms with E-state index in [4.69, 9.17) is 0 Å². The van der Waals surface area contributed by atoms with E-state index in [1.165, 1.54) is 4.57 Å². The lowest BCUT2D eigenvalue weighted by Gasteiger charge is -2.32. The molecule has 0 bridgehead atoms. The van der Waals surface area contributed by atoms with E-state index in [0.717, 1.165) is 24.1 Å². The highest BCUT2D eigenvalue weighted by molar-refractivity contribution is 5.79. The summed E-state index contributed by atoms with van der Waals surface area (Å²) in [5.41, 5.74) is 3.23. The van der Waals surface area contributed by atoms with Gasteiger partial charge >= 0.3 is 0 Å². The number of hydrogen-bond donors (Lipinski definition) is 1. The first-order valence-electron chi connectivity index (χ1n) is 10.5. The topological polar surface area (TPSA) is 83.4 Å². The van der Waals surface area contributed by atoms with Crippen molar-refractivity contribution in [2.45, 2.75) is 19.4 Å². The number of fused-ring (bicyclic) bond motifs is 1. The Hall–Kier alpha value is -3.42. The third-order valence-corrected chi connectivity index (χ3v) is 5.82. The zero-order valence-electron chi connectivity index (χ0n) is 18.2. The van der Waals surface area contributed by atoms with Crippen molar-refractivity contribution in [2.75, 3.05) is 37.0 Å². The number of hydrogen-bond acceptors (Lipinski definition) is 6. The molecule has 3 heterocycles. The highest BCUT2D eigenvalue weighted by atomic mass is 16.2. The molecule has 1 aliphatic heterocycles. The molecule has 0 radical (unpaired) electrons. The average molecular weight is 421 g/mol. The first-order chi connectivity index (χ1) is 14.9. The van der Waals surface area contributed by atoms with Crippen LogP contribution in [0.5, 0.6) is 0 Å². The Morgan fingerprint density at radius 3 is 2.74 bits per heavy atom. The van der Waals surface area contributed by atoms with E-state index in [0.29, 0.717) is 36.6 Å². The number of amides is 1. The molecule has 4 rings (SSSR count). The Morgan fingerprint density at radius 2 is 2.00 bits per heavy atom. The van der Waals surface area contributed by atoms with Gasteiger partial charge in [-0.2, -0.15) is 0 Å². The number of aryl methyl sites for hydroxylation is 1. The molecule has 1 atom stereocenters. The minimum Gasteiger partial charge on any atom is -0.378 e. The van der Waals surface area contributed by atoms with Gasteiger partial charge in [0.15, 0.2) is 11.5 Å². The van der Waals surface area contributed by atoms with Crippen LogP contribution in [0.2, 0.25) is 0 Å². The van der Waals surface area contributed by atoms with E-state index in [-0.39, 0.29) is 17.4 Å². The molecule has 8 heteroatoms. The van der Waals surface area contributed by atoms with Gasteiger partial charge in [-0.05, 0) is 42.7 Å². The summed E-state index contributed by atoms with van der Waals surface area (Å²) in [5.74, 6) is 0.228. The Bertz CT molecular complexity index is 1140. The lowest BCUT2D eigenvalue weighted by Crippen LogP contribution is -2.45. The van der Waals surface area contributed by atoms with Crippen molar-refractivity contribution in [3.05, 3.63) is 58.5 Å². The van der Waals surface area contributed by atoms with Gasteiger partial charge in [-0.25, -0.2) is 9.97 Å². The van der Waals surface area contributed by atoms with E-state index in [1.807, 2.05) is 54.2 Å². The van der Waals surface area contributed by atoms with Gasteiger partial charge in [-0.1, -0.05) is 12.1 Å². The lowest BCUT2D eigenvalue weighted by molar-refractivity contribution is -0.125. The summed E-state index contributed by atoms with van der Waals surface area (Å²) in [6, 6.07) is 11.8. The number of nitrogens with zero attached hydrogens (tertiary/aromatic N) is 5. The van der Waals surface area contributed by atoms with E-state index in [1.54, 1.807) is 19.3 Å². The maximum absolute atomic E-state index is 12.9. The fourth-order valence-electron chi connectivity index (χ4n) is 3.98. The largest absolute Gasteiger partial charge is 0.378 e. The van der Waals surface area contributed by atoms with Gasteiger partial charge in [-0.15, -0.1) is 0 Å². The quantitative estimate of drug-likeness (QED) is 0.679. The summed E-state index contributed by atoms with van der Waals surface area (Å²) in [4.78, 5) is 38.5. The number of aromatic nitrogens is 3. The molecule has 1 aromatic carbocycles. The number of anilines is 2. The van der Waals surface area contributed by atoms with Crippen LogP contribution in [0.1, 0.15) is 18.4 Å². The third-order valence-electron chi connectivity index (χ3n) is 5.82. The zero-order chi connectivity index (χ0) is 22.0. The van der Waals surface area contributed by atoms with Crippen molar-refractivity contribution in [1.82, 2.24) is 19.9 Å². The van der Waals surface area contributed by atoms with Gasteiger partial charge in [0.2, 0.25) is 5.91 Å². The van der Waals surface area contributed by atoms with Crippen molar-refractivity contribution in [3.8, 4) is 0 Å². The molecule has 1 fully saturated rings. The first-order valence-corrected chi connectivity index (χ1v) is 10.5. The minimum absolute atomic E-state index is 0.0145. The van der Waals surface area contributed by atoms with Gasteiger partial charge in [0.1, 0.15) is 5.52 Å². The van der Waals surface area contributed by atoms with Crippen LogP contribution in [0.15, 0.2) is 47.4 Å². The van der Waals surface area contributed by atoms with Gasteiger partial charge < -0.3 is 15.1 Å². The molecule has 162 valence electrons. The van der Waals surface area contributed by atoms with Crippen LogP contribution in [0.3, 0.4) is 0 Å². The molecular weight excluding hydrogens is 392 g/mol. The second kappa shape index (κ2) is 8.75. The van der Waals surface area contributed by atoms with E-state index in [9.17, 15) is 9.59 Å². The fourth-order valence-corrected chi connectivity index (χ4v) is 3.98. The average Bonchev–Trinajstić information content (AvgIpc) is 2.80. The Kier molecular flexibility index (Phi) is 5.88. The summed E-state index contributed by atoms with van der Waals surface area (Å²) < 4.78 is 1.53. The number of nitrogens with one attached hydrogen (secondary N) is 1. The number of carbonyl (C=O) groups is 1. The van der Waals surface area contributed by atoms with Crippen LogP contribution in [0.25, 0.3) is 11.2 Å². The number of benzene rings is 1. The molecule has 8 nitrogen and oxygen atoms in total. The number of pyridine rings is 1. The van der Waals surface area contributed by atoms with Crippen molar-refractivity contribution in [3.63, 3.8) is 0 Å². The lowest BCUT2D eigenvalue weighted by atomic mass is 9.97. The molecule has 2 aromatic heterocycles. The number of rotatable bonds is 5. The molecule has 0 saturated carbocycles. The van der Waals surface area contributed by atoms with Crippen LogP contribution in [-0.2, 0) is 18.4 Å². The molecule has 1 saturated heterocycles. The zero-order valence-corrected chi connectivity index (χ0v) is 18.2. The van der Waals surface area contributed by atoms with Crippen LogP contribution >= 0.6 is 0 Å². The summed E-state index contributed by atoms with van der Waals surface area (Å²) in [6.07, 6.45) is 3.29. The van der Waals surface area contributed by atoms with Crippen molar-refractivity contribution < 1.29 is 4.79 Å². The second-order valence-electron chi connectivity index (χ2n) is 8.21. The van der Waals surface area contributed by atoms with E-state index < -0.39 is 0 Å². The smallest absolute Gasteiger partial charge is 0.294 e. The molecule has 1 unspecified atom stereocenters. The molecule has 31 heavy (non-hydrogen) atoms. The van der Waals surface area contributed by atoms with Gasteiger partial charge in [0, 0.05) is 52.7 Å². The Labute approximate surface area is 181 Å². The third kappa shape index (κ3) is 4.38. The standard InChI is InChI=1S/C23H28N6O2/c1-27(2)18-10-8-16(9-11-18)14-25-22(30)17-6-5-13-29(15-17)21-23(31)28(3)20-19(26-21)7-4-12-24-20/h4,7-12,17H,5-6,13-15H2,1-3H3,(H,25,30). The van der Waals surface area contributed by atoms with Crippen LogP contribution in [0, 0.1) is 5.92 Å². The van der Waals surface area contributed by atoms with E-state index in [2.05, 4.69) is 15.3 Å². The maximum Gasteiger partial charge on any atom is 0.294 e. The predicted molar refractivity (Wildman–Crippen MR) is 122 cm³/mol. The molecule has 0 aliphatic carbocycles. The SMILES string of the molecule is CN(C)c1ccc(CNC(=O)C2CCCN(c3nc4cccnc4n(C)c3=O)C2)cc1. The Morgan fingerprint density at radius 1 is 1.23 bits per heavy atom. The first kappa shape index (κ1) is 20.8. The summed E-state index contributed by atoms with van der Waals surface area (Å²) in [5, 5.41) is 3.05. The van der Waals surface area contributed by atoms with E-state index >= 15 is 0 Å². The summed E-state index contributed by atoms with van der Waals surface area (Å²) >= 11 is 0. The highest BCUT2D eigenvalue weighted by Gasteiger charge is 2.28. The Balaban J connectivity index is 1.45. The maximum atomic E-state index is 12.9. The van der Waals surface area contributed by atoms with Crippen molar-refractivity contribution in [1.29, 1.82) is 0 Å². The van der Waals surface area contributed by atoms with Crippen LogP contribution in [0.4, 0.5) is 11.5 Å².